The van der Waals surface area contributed by atoms with E-state index in [1.807, 2.05) is 13.0 Å². The van der Waals surface area contributed by atoms with E-state index < -0.39 is 17.8 Å². The van der Waals surface area contributed by atoms with Gasteiger partial charge in [-0.1, -0.05) is 24.3 Å². The van der Waals surface area contributed by atoms with Crippen LogP contribution in [0.25, 0.3) is 11.0 Å². The van der Waals surface area contributed by atoms with Gasteiger partial charge < -0.3 is 4.42 Å². The fraction of sp³-hybridized carbons (Fsp3) is 0.0870. The maximum atomic E-state index is 13.5. The molecule has 0 radical (unpaired) electrons. The number of hydrogen-bond donors (Lipinski definition) is 0. The van der Waals surface area contributed by atoms with Gasteiger partial charge in [0, 0.05) is 6.20 Å². The molecule has 0 bridgehead atoms. The molecular formula is C23H15FN2O3. The van der Waals surface area contributed by atoms with Gasteiger partial charge in [-0.3, -0.25) is 14.5 Å². The van der Waals surface area contributed by atoms with E-state index in [-0.39, 0.29) is 16.8 Å². The summed E-state index contributed by atoms with van der Waals surface area (Å²) in [4.78, 5) is 32.4. The van der Waals surface area contributed by atoms with Crippen LogP contribution in [0.3, 0.4) is 0 Å². The Morgan fingerprint density at radius 3 is 2.55 bits per heavy atom. The van der Waals surface area contributed by atoms with Gasteiger partial charge >= 0.3 is 0 Å². The highest BCUT2D eigenvalue weighted by molar-refractivity contribution is 6.10. The third-order valence-electron chi connectivity index (χ3n) is 5.11. The smallest absolute Gasteiger partial charge is 0.296 e. The van der Waals surface area contributed by atoms with E-state index in [0.717, 1.165) is 5.56 Å². The number of carbonyl (C=O) groups is 1. The molecule has 2 aromatic carbocycles. The highest BCUT2D eigenvalue weighted by Crippen LogP contribution is 2.40. The van der Waals surface area contributed by atoms with E-state index in [0.29, 0.717) is 22.4 Å². The lowest BCUT2D eigenvalue weighted by Crippen LogP contribution is -2.30. The number of benzene rings is 2. The lowest BCUT2D eigenvalue weighted by Gasteiger charge is -2.24. The minimum atomic E-state index is -0.756. The van der Waals surface area contributed by atoms with Crippen molar-refractivity contribution in [1.82, 2.24) is 4.98 Å². The quantitative estimate of drug-likeness (QED) is 0.513. The van der Waals surface area contributed by atoms with Gasteiger partial charge in [-0.2, -0.15) is 0 Å². The zero-order valence-corrected chi connectivity index (χ0v) is 15.4. The van der Waals surface area contributed by atoms with Gasteiger partial charge in [0.1, 0.15) is 17.2 Å². The summed E-state index contributed by atoms with van der Waals surface area (Å²) in [7, 11) is 0. The molecule has 1 atom stereocenters. The molecule has 0 fully saturated rings. The first-order chi connectivity index (χ1) is 14.0. The maximum Gasteiger partial charge on any atom is 0.296 e. The van der Waals surface area contributed by atoms with Crippen LogP contribution in [0.1, 0.15) is 33.3 Å². The number of pyridine rings is 1. The topological polar surface area (TPSA) is 63.4 Å². The number of carbonyl (C=O) groups excluding carboxylic acids is 1. The molecule has 6 heteroatoms. The van der Waals surface area contributed by atoms with Gasteiger partial charge in [-0.25, -0.2) is 9.37 Å². The number of aromatic nitrogens is 1. The summed E-state index contributed by atoms with van der Waals surface area (Å²) in [6.45, 7) is 1.89. The zero-order valence-electron chi connectivity index (χ0n) is 15.4. The van der Waals surface area contributed by atoms with Crippen molar-refractivity contribution in [1.29, 1.82) is 0 Å². The predicted octanol–water partition coefficient (Wildman–Crippen LogP) is 4.39. The Bertz CT molecular complexity index is 1330. The average molecular weight is 386 g/mol. The van der Waals surface area contributed by atoms with Crippen molar-refractivity contribution < 1.29 is 13.6 Å². The van der Waals surface area contributed by atoms with Crippen LogP contribution >= 0.6 is 0 Å². The van der Waals surface area contributed by atoms with Crippen molar-refractivity contribution in [3.05, 3.63) is 105 Å². The van der Waals surface area contributed by atoms with E-state index in [2.05, 4.69) is 4.98 Å². The Hall–Kier alpha value is -3.80. The molecule has 0 unspecified atom stereocenters. The molecule has 5 nitrogen and oxygen atoms in total. The maximum absolute atomic E-state index is 13.5. The van der Waals surface area contributed by atoms with Gasteiger partial charge in [-0.15, -0.1) is 0 Å². The van der Waals surface area contributed by atoms with Crippen LogP contribution in [0.2, 0.25) is 0 Å². The van der Waals surface area contributed by atoms with Gasteiger partial charge in [0.2, 0.25) is 5.76 Å². The fourth-order valence-corrected chi connectivity index (χ4v) is 3.77. The molecule has 1 aliphatic rings. The molecule has 0 N–H and O–H groups in total. The number of halogens is 1. The first-order valence-electron chi connectivity index (χ1n) is 9.12. The second kappa shape index (κ2) is 6.38. The van der Waals surface area contributed by atoms with E-state index in [1.165, 1.54) is 17.0 Å². The SMILES string of the molecule is Cc1ccnc(N2C(=O)c3oc4ccccc4c(=O)c3[C@@H]2c2ccc(F)cc2)c1. The van der Waals surface area contributed by atoms with Crippen LogP contribution in [0.15, 0.2) is 76.1 Å². The van der Waals surface area contributed by atoms with Crippen molar-refractivity contribution in [2.45, 2.75) is 13.0 Å². The zero-order chi connectivity index (χ0) is 20.1. The second-order valence-corrected chi connectivity index (χ2v) is 6.99. The Morgan fingerprint density at radius 2 is 1.79 bits per heavy atom. The molecule has 142 valence electrons. The average Bonchev–Trinajstić information content (AvgIpc) is 3.02. The number of rotatable bonds is 2. The Balaban J connectivity index is 1.82. The van der Waals surface area contributed by atoms with E-state index >= 15 is 0 Å². The largest absolute Gasteiger partial charge is 0.450 e. The summed E-state index contributed by atoms with van der Waals surface area (Å²) in [5, 5.41) is 0.394. The summed E-state index contributed by atoms with van der Waals surface area (Å²) in [5.74, 6) is -0.454. The van der Waals surface area contributed by atoms with Crippen molar-refractivity contribution >= 4 is 22.7 Å². The highest BCUT2D eigenvalue weighted by atomic mass is 19.1. The van der Waals surface area contributed by atoms with Crippen molar-refractivity contribution in [3.8, 4) is 0 Å². The fourth-order valence-electron chi connectivity index (χ4n) is 3.77. The number of amides is 1. The number of aryl methyl sites for hydroxylation is 1. The summed E-state index contributed by atoms with van der Waals surface area (Å²) in [6, 6.07) is 15.4. The lowest BCUT2D eigenvalue weighted by atomic mass is 9.98. The van der Waals surface area contributed by atoms with Gasteiger partial charge in [0.15, 0.2) is 5.43 Å². The molecule has 1 amide bonds. The molecule has 1 aliphatic heterocycles. The Kier molecular flexibility index (Phi) is 3.81. The van der Waals surface area contributed by atoms with Crippen LogP contribution < -0.4 is 10.3 Å². The van der Waals surface area contributed by atoms with Gasteiger partial charge in [0.05, 0.1) is 17.0 Å². The van der Waals surface area contributed by atoms with Crippen molar-refractivity contribution in [3.63, 3.8) is 0 Å². The number of nitrogens with zero attached hydrogens (tertiary/aromatic N) is 2. The third kappa shape index (κ3) is 2.64. The van der Waals surface area contributed by atoms with E-state index in [9.17, 15) is 14.0 Å². The van der Waals surface area contributed by atoms with Crippen molar-refractivity contribution in [2.75, 3.05) is 4.90 Å². The summed E-state index contributed by atoms with van der Waals surface area (Å²) in [6.07, 6.45) is 1.61. The van der Waals surface area contributed by atoms with Gasteiger partial charge in [0.25, 0.3) is 5.91 Å². The second-order valence-electron chi connectivity index (χ2n) is 6.99. The van der Waals surface area contributed by atoms with Crippen LogP contribution in [0.5, 0.6) is 0 Å². The molecule has 0 saturated carbocycles. The molecule has 4 aromatic rings. The number of fused-ring (bicyclic) bond motifs is 2. The molecule has 2 aromatic heterocycles. The van der Waals surface area contributed by atoms with Crippen molar-refractivity contribution in [2.24, 2.45) is 0 Å². The van der Waals surface area contributed by atoms with Crippen LogP contribution in [0.4, 0.5) is 10.2 Å². The molecule has 29 heavy (non-hydrogen) atoms. The molecule has 0 aliphatic carbocycles. The lowest BCUT2D eigenvalue weighted by molar-refractivity contribution is 0.0970. The van der Waals surface area contributed by atoms with Gasteiger partial charge in [-0.05, 0) is 54.4 Å². The van der Waals surface area contributed by atoms with Crippen LogP contribution in [0, 0.1) is 12.7 Å². The first-order valence-corrected chi connectivity index (χ1v) is 9.12. The standard InChI is InChI=1S/C23H15FN2O3/c1-13-10-11-25-18(12-13)26-20(14-6-8-15(24)9-7-14)19-21(27)16-4-2-3-5-17(16)29-22(19)23(26)28/h2-12,20H,1H3/t20-/m0/s1. The summed E-state index contributed by atoms with van der Waals surface area (Å²) in [5.41, 5.74) is 1.83. The number of para-hydroxylation sites is 1. The Morgan fingerprint density at radius 1 is 1.03 bits per heavy atom. The first kappa shape index (κ1) is 17.3. The monoisotopic (exact) mass is 386 g/mol. The summed E-state index contributed by atoms with van der Waals surface area (Å²) < 4.78 is 19.4. The van der Waals surface area contributed by atoms with Crippen LogP contribution in [-0.4, -0.2) is 10.9 Å². The number of anilines is 1. The van der Waals surface area contributed by atoms with E-state index in [1.54, 1.807) is 48.7 Å². The minimum absolute atomic E-state index is 0.00803. The molecule has 0 saturated heterocycles. The normalized spacial score (nSPS) is 15.7. The number of hydrogen-bond acceptors (Lipinski definition) is 4. The summed E-state index contributed by atoms with van der Waals surface area (Å²) >= 11 is 0. The molecular weight excluding hydrogens is 371 g/mol. The predicted molar refractivity (Wildman–Crippen MR) is 107 cm³/mol. The minimum Gasteiger partial charge on any atom is -0.450 e. The third-order valence-corrected chi connectivity index (χ3v) is 5.11. The van der Waals surface area contributed by atoms with Crippen LogP contribution in [-0.2, 0) is 0 Å². The molecule has 0 spiro atoms. The molecule has 3 heterocycles. The van der Waals surface area contributed by atoms with E-state index in [4.69, 9.17) is 4.42 Å². The molecule has 5 rings (SSSR count). The Labute approximate surface area is 165 Å². The highest BCUT2D eigenvalue weighted by Gasteiger charge is 2.44.